The molecular weight excluding hydrogens is 160 g/mol. The molecule has 5 heteroatoms. The molecule has 0 unspecified atom stereocenters. The van der Waals surface area contributed by atoms with Crippen molar-refractivity contribution in [1.29, 1.82) is 0 Å². The number of aldehydes is 1. The number of rotatable bonds is 2. The van der Waals surface area contributed by atoms with Crippen molar-refractivity contribution in [2.75, 3.05) is 6.61 Å². The highest BCUT2D eigenvalue weighted by Gasteiger charge is 2.05. The molecule has 1 aromatic heterocycles. The van der Waals surface area contributed by atoms with Crippen LogP contribution < -0.4 is 0 Å². The van der Waals surface area contributed by atoms with Gasteiger partial charge in [0.25, 0.3) is 0 Å². The van der Waals surface area contributed by atoms with E-state index in [0.29, 0.717) is 11.8 Å². The van der Waals surface area contributed by atoms with Gasteiger partial charge >= 0.3 is 6.09 Å². The van der Waals surface area contributed by atoms with Crippen molar-refractivity contribution in [3.05, 3.63) is 18.0 Å². The van der Waals surface area contributed by atoms with Crippen molar-refractivity contribution in [2.24, 2.45) is 0 Å². The maximum Gasteiger partial charge on any atom is 0.434 e. The van der Waals surface area contributed by atoms with Crippen molar-refractivity contribution in [3.63, 3.8) is 0 Å². The van der Waals surface area contributed by atoms with Gasteiger partial charge in [0.2, 0.25) is 0 Å². The molecule has 0 atom stereocenters. The number of carbonyl (C=O) groups excluding carboxylic acids is 2. The summed E-state index contributed by atoms with van der Waals surface area (Å²) >= 11 is 0. The van der Waals surface area contributed by atoms with Crippen LogP contribution in [0.4, 0.5) is 4.79 Å². The van der Waals surface area contributed by atoms with Gasteiger partial charge in [-0.15, -0.1) is 0 Å². The van der Waals surface area contributed by atoms with Crippen molar-refractivity contribution >= 4 is 12.4 Å². The molecule has 5 nitrogen and oxygen atoms in total. The number of hydrogen-bond donors (Lipinski definition) is 0. The van der Waals surface area contributed by atoms with Crippen LogP contribution in [-0.4, -0.2) is 28.8 Å². The molecule has 0 aliphatic rings. The van der Waals surface area contributed by atoms with Gasteiger partial charge in [0.1, 0.15) is 0 Å². The smallest absolute Gasteiger partial charge is 0.434 e. The summed E-state index contributed by atoms with van der Waals surface area (Å²) in [5.74, 6) is 0. The molecular formula is C7H8N2O3. The molecule has 0 aliphatic carbocycles. The van der Waals surface area contributed by atoms with E-state index in [1.54, 1.807) is 6.92 Å². The molecule has 12 heavy (non-hydrogen) atoms. The second-order valence-corrected chi connectivity index (χ2v) is 2.04. The highest BCUT2D eigenvalue weighted by molar-refractivity contribution is 5.76. The third kappa shape index (κ3) is 1.69. The molecule has 0 radical (unpaired) electrons. The topological polar surface area (TPSA) is 61.2 Å². The predicted octanol–water partition coefficient (Wildman–Crippen LogP) is 0.700. The number of hydrogen-bond acceptors (Lipinski definition) is 4. The summed E-state index contributed by atoms with van der Waals surface area (Å²) in [4.78, 5) is 21.1. The summed E-state index contributed by atoms with van der Waals surface area (Å²) in [5, 5.41) is 3.62. The number of nitrogens with zero attached hydrogens (tertiary/aromatic N) is 2. The highest BCUT2D eigenvalue weighted by Crippen LogP contribution is 1.94. The Morgan fingerprint density at radius 3 is 3.08 bits per heavy atom. The second kappa shape index (κ2) is 3.66. The van der Waals surface area contributed by atoms with Gasteiger partial charge in [0.15, 0.2) is 6.29 Å². The van der Waals surface area contributed by atoms with E-state index in [1.165, 1.54) is 12.4 Å². The first-order chi connectivity index (χ1) is 5.77. The van der Waals surface area contributed by atoms with Crippen molar-refractivity contribution in [3.8, 4) is 0 Å². The monoisotopic (exact) mass is 168 g/mol. The molecule has 1 heterocycles. The number of aromatic nitrogens is 2. The van der Waals surface area contributed by atoms with Gasteiger partial charge in [-0.25, -0.2) is 4.79 Å². The Kier molecular flexibility index (Phi) is 2.57. The summed E-state index contributed by atoms with van der Waals surface area (Å²) in [6.07, 6.45) is 2.64. The first kappa shape index (κ1) is 8.45. The fourth-order valence-electron chi connectivity index (χ4n) is 0.687. The molecule has 1 rings (SSSR count). The van der Waals surface area contributed by atoms with Gasteiger partial charge in [0.05, 0.1) is 18.4 Å². The van der Waals surface area contributed by atoms with Crippen LogP contribution in [0.1, 0.15) is 17.3 Å². The van der Waals surface area contributed by atoms with E-state index >= 15 is 0 Å². The molecule has 0 spiro atoms. The Morgan fingerprint density at radius 1 is 1.83 bits per heavy atom. The summed E-state index contributed by atoms with van der Waals surface area (Å²) in [7, 11) is 0. The normalized spacial score (nSPS) is 9.42. The van der Waals surface area contributed by atoms with Crippen molar-refractivity contribution in [2.45, 2.75) is 6.92 Å². The Bertz CT molecular complexity index is 293. The molecule has 0 N–H and O–H groups in total. The Hall–Kier alpha value is -1.65. The zero-order valence-electron chi connectivity index (χ0n) is 6.56. The van der Waals surface area contributed by atoms with Crippen LogP contribution in [0, 0.1) is 0 Å². The van der Waals surface area contributed by atoms with Gasteiger partial charge in [-0.1, -0.05) is 0 Å². The number of carbonyl (C=O) groups is 2. The molecule has 64 valence electrons. The van der Waals surface area contributed by atoms with E-state index in [4.69, 9.17) is 0 Å². The second-order valence-electron chi connectivity index (χ2n) is 2.04. The van der Waals surface area contributed by atoms with Crippen LogP contribution in [0.3, 0.4) is 0 Å². The fourth-order valence-corrected chi connectivity index (χ4v) is 0.687. The Morgan fingerprint density at radius 2 is 2.58 bits per heavy atom. The predicted molar refractivity (Wildman–Crippen MR) is 40.0 cm³/mol. The first-order valence-corrected chi connectivity index (χ1v) is 3.45. The average Bonchev–Trinajstić information content (AvgIpc) is 2.52. The van der Waals surface area contributed by atoms with E-state index in [2.05, 4.69) is 9.84 Å². The lowest BCUT2D eigenvalue weighted by molar-refractivity contribution is 0.112. The van der Waals surface area contributed by atoms with Gasteiger partial charge in [-0.05, 0) is 6.92 Å². The van der Waals surface area contributed by atoms with Crippen molar-refractivity contribution < 1.29 is 14.3 Å². The zero-order valence-corrected chi connectivity index (χ0v) is 6.56. The van der Waals surface area contributed by atoms with E-state index in [9.17, 15) is 9.59 Å². The Balaban J connectivity index is 2.74. The van der Waals surface area contributed by atoms with E-state index in [-0.39, 0.29) is 6.61 Å². The quantitative estimate of drug-likeness (QED) is 0.610. The summed E-state index contributed by atoms with van der Waals surface area (Å²) in [6.45, 7) is 1.98. The SMILES string of the molecule is CCOC(=O)n1cc(C=O)cn1. The molecule has 0 saturated heterocycles. The first-order valence-electron chi connectivity index (χ1n) is 3.45. The summed E-state index contributed by atoms with van der Waals surface area (Å²) < 4.78 is 5.61. The molecule has 0 aliphatic heterocycles. The average molecular weight is 168 g/mol. The van der Waals surface area contributed by atoms with Gasteiger partial charge in [-0.2, -0.15) is 9.78 Å². The maximum atomic E-state index is 10.9. The molecule has 0 bridgehead atoms. The minimum absolute atomic E-state index is 0.287. The molecule has 1 aromatic rings. The van der Waals surface area contributed by atoms with Crippen LogP contribution in [0.2, 0.25) is 0 Å². The zero-order chi connectivity index (χ0) is 8.97. The summed E-state index contributed by atoms with van der Waals surface area (Å²) in [5.41, 5.74) is 0.350. The van der Waals surface area contributed by atoms with Gasteiger partial charge < -0.3 is 4.74 Å². The van der Waals surface area contributed by atoms with Gasteiger partial charge in [0, 0.05) is 6.20 Å². The van der Waals surface area contributed by atoms with E-state index < -0.39 is 6.09 Å². The van der Waals surface area contributed by atoms with Gasteiger partial charge in [-0.3, -0.25) is 4.79 Å². The van der Waals surface area contributed by atoms with E-state index in [0.717, 1.165) is 4.68 Å². The van der Waals surface area contributed by atoms with Crippen LogP contribution in [0.5, 0.6) is 0 Å². The maximum absolute atomic E-state index is 10.9. The fraction of sp³-hybridized carbons (Fsp3) is 0.286. The largest absolute Gasteiger partial charge is 0.448 e. The van der Waals surface area contributed by atoms with Crippen LogP contribution in [0.25, 0.3) is 0 Å². The van der Waals surface area contributed by atoms with Crippen LogP contribution in [0.15, 0.2) is 12.4 Å². The highest BCUT2D eigenvalue weighted by atomic mass is 16.5. The van der Waals surface area contributed by atoms with E-state index in [1.807, 2.05) is 0 Å². The molecule has 0 saturated carbocycles. The minimum Gasteiger partial charge on any atom is -0.448 e. The number of ether oxygens (including phenoxy) is 1. The molecule has 0 aromatic carbocycles. The lowest BCUT2D eigenvalue weighted by Gasteiger charge is -1.98. The lowest BCUT2D eigenvalue weighted by atomic mass is 10.4. The third-order valence-electron chi connectivity index (χ3n) is 1.19. The Labute approximate surface area is 68.9 Å². The molecule has 0 amide bonds. The summed E-state index contributed by atoms with van der Waals surface area (Å²) in [6, 6.07) is 0. The standard InChI is InChI=1S/C7H8N2O3/c1-2-12-7(11)9-4-6(5-10)3-8-9/h3-5H,2H2,1H3. The van der Waals surface area contributed by atoms with Crippen LogP contribution >= 0.6 is 0 Å². The van der Waals surface area contributed by atoms with Crippen molar-refractivity contribution in [1.82, 2.24) is 9.78 Å². The minimum atomic E-state index is -0.578. The lowest BCUT2D eigenvalue weighted by Crippen LogP contribution is -2.13. The molecule has 0 fully saturated rings. The third-order valence-corrected chi connectivity index (χ3v) is 1.19. The van der Waals surface area contributed by atoms with Crippen LogP contribution in [-0.2, 0) is 4.74 Å².